The van der Waals surface area contributed by atoms with E-state index in [9.17, 15) is 5.11 Å². The molecule has 1 N–H and O–H groups in total. The number of aryl methyl sites for hydroxylation is 1. The quantitative estimate of drug-likeness (QED) is 0.747. The van der Waals surface area contributed by atoms with E-state index in [0.717, 1.165) is 5.56 Å². The molecule has 0 aliphatic carbocycles. The summed E-state index contributed by atoms with van der Waals surface area (Å²) in [6.07, 6.45) is -1.36. The van der Waals surface area contributed by atoms with Gasteiger partial charge in [-0.05, 0) is 25.1 Å². The van der Waals surface area contributed by atoms with E-state index in [1.54, 1.807) is 18.2 Å². The molecule has 114 valence electrons. The van der Waals surface area contributed by atoms with Crippen molar-refractivity contribution in [1.29, 1.82) is 0 Å². The second kappa shape index (κ2) is 5.30. The molecule has 0 spiro atoms. The number of fused-ring (bicyclic) bond motifs is 3. The number of aliphatic hydroxyl groups is 1. The number of halogens is 1. The molecule has 1 aromatic heterocycles. The monoisotopic (exact) mass is 327 g/mol. The first-order valence-electron chi connectivity index (χ1n) is 8.43. The summed E-state index contributed by atoms with van der Waals surface area (Å²) in [7, 11) is 0. The minimum Gasteiger partial charge on any atom is -0.365 e. The minimum atomic E-state index is -2.50. The molecule has 3 aromatic rings. The summed E-state index contributed by atoms with van der Waals surface area (Å²) in [5.74, 6) is -0.190. The normalized spacial score (nSPS) is 18.8. The van der Waals surface area contributed by atoms with Gasteiger partial charge in [0.05, 0.1) is 11.4 Å². The third kappa shape index (κ3) is 2.25. The van der Waals surface area contributed by atoms with Crippen molar-refractivity contribution < 1.29 is 9.22 Å². The summed E-state index contributed by atoms with van der Waals surface area (Å²) in [4.78, 5) is 4.37. The van der Waals surface area contributed by atoms with E-state index in [1.165, 1.54) is 4.57 Å². The topological polar surface area (TPSA) is 63.3 Å². The molecule has 0 saturated carbocycles. The van der Waals surface area contributed by atoms with Crippen LogP contribution in [0.15, 0.2) is 53.5 Å². The zero-order valence-electron chi connectivity index (χ0n) is 14.8. The van der Waals surface area contributed by atoms with Gasteiger partial charge in [0.2, 0.25) is 6.23 Å². The Labute approximate surface area is 142 Å². The lowest BCUT2D eigenvalue weighted by Gasteiger charge is -2.12. The molecule has 4 rings (SSSR count). The molecule has 1 aliphatic heterocycles. The third-order valence-electron chi connectivity index (χ3n) is 3.67. The van der Waals surface area contributed by atoms with E-state index < -0.39 is 13.1 Å². The van der Waals surface area contributed by atoms with Crippen LogP contribution in [0.4, 0.5) is 0 Å². The molecule has 6 heteroatoms. The smallest absolute Gasteiger partial charge is 0.207 e. The number of rotatable bonds is 1. The Morgan fingerprint density at radius 3 is 2.78 bits per heavy atom. The van der Waals surface area contributed by atoms with Crippen molar-refractivity contribution in [3.8, 4) is 5.69 Å². The van der Waals surface area contributed by atoms with Crippen LogP contribution < -0.4 is 0 Å². The highest BCUT2D eigenvalue weighted by molar-refractivity contribution is 6.31. The van der Waals surface area contributed by atoms with E-state index in [4.69, 9.17) is 15.7 Å². The van der Waals surface area contributed by atoms with Crippen LogP contribution in [0.25, 0.3) is 5.69 Å². The van der Waals surface area contributed by atoms with Crippen LogP contribution in [-0.2, 0) is 0 Å². The Morgan fingerprint density at radius 2 is 2.00 bits per heavy atom. The van der Waals surface area contributed by atoms with Crippen molar-refractivity contribution in [2.24, 2.45) is 4.99 Å². The number of hydrogen-bond acceptors (Lipinski definition) is 4. The SMILES string of the molecule is [2H]C([2H])([2H])c1nnc2n1-c1ccc(Cl)cc1C(c1ccccc1)=NC2O. The fraction of sp³-hybridized carbons (Fsp3) is 0.118. The summed E-state index contributed by atoms with van der Waals surface area (Å²) >= 11 is 6.18. The standard InChI is InChI=1S/C17H13ClN4O/c1-10-20-21-16-17(23)19-15(11-5-3-2-4-6-11)13-9-12(18)7-8-14(13)22(10)16/h2-9,17,23H,1H3/i1D3. The molecular formula is C17H13ClN4O. The highest BCUT2D eigenvalue weighted by atomic mass is 35.5. The highest BCUT2D eigenvalue weighted by Gasteiger charge is 2.26. The molecule has 0 fully saturated rings. The number of aliphatic hydroxyl groups excluding tert-OH is 1. The molecule has 0 saturated heterocycles. The lowest BCUT2D eigenvalue weighted by Crippen LogP contribution is -2.08. The van der Waals surface area contributed by atoms with Gasteiger partial charge in [0.25, 0.3) is 0 Å². The zero-order chi connectivity index (χ0) is 18.5. The van der Waals surface area contributed by atoms with Gasteiger partial charge in [-0.3, -0.25) is 4.57 Å². The lowest BCUT2D eigenvalue weighted by atomic mass is 10.0. The number of nitrogens with zero attached hydrogens (tertiary/aromatic N) is 4. The molecular weight excluding hydrogens is 312 g/mol. The Morgan fingerprint density at radius 1 is 1.17 bits per heavy atom. The first-order chi connectivity index (χ1) is 12.4. The first-order valence-corrected chi connectivity index (χ1v) is 7.31. The number of hydrogen-bond donors (Lipinski definition) is 1. The largest absolute Gasteiger partial charge is 0.365 e. The second-order valence-electron chi connectivity index (χ2n) is 5.10. The van der Waals surface area contributed by atoms with Crippen LogP contribution in [0.3, 0.4) is 0 Å². The third-order valence-corrected chi connectivity index (χ3v) is 3.91. The van der Waals surface area contributed by atoms with Gasteiger partial charge in [0.1, 0.15) is 5.82 Å². The predicted octanol–water partition coefficient (Wildman–Crippen LogP) is 3.07. The van der Waals surface area contributed by atoms with Crippen LogP contribution in [0.2, 0.25) is 5.02 Å². The maximum atomic E-state index is 10.6. The van der Waals surface area contributed by atoms with Crippen LogP contribution in [0, 0.1) is 6.85 Å². The molecule has 1 atom stereocenters. The van der Waals surface area contributed by atoms with E-state index in [1.807, 2.05) is 30.3 Å². The summed E-state index contributed by atoms with van der Waals surface area (Å²) < 4.78 is 24.5. The van der Waals surface area contributed by atoms with Gasteiger partial charge < -0.3 is 5.11 Å². The number of aliphatic imine (C=N–C) groups is 1. The maximum absolute atomic E-state index is 10.6. The fourth-order valence-corrected chi connectivity index (χ4v) is 2.84. The maximum Gasteiger partial charge on any atom is 0.207 e. The molecule has 0 radical (unpaired) electrons. The molecule has 2 heterocycles. The molecule has 2 aromatic carbocycles. The van der Waals surface area contributed by atoms with Crippen molar-refractivity contribution in [1.82, 2.24) is 14.8 Å². The Balaban J connectivity index is 2.05. The average Bonchev–Trinajstić information content (AvgIpc) is 3.01. The molecule has 0 bridgehead atoms. The van der Waals surface area contributed by atoms with Gasteiger partial charge in [-0.1, -0.05) is 41.9 Å². The van der Waals surface area contributed by atoms with Crippen molar-refractivity contribution in [2.75, 3.05) is 0 Å². The zero-order valence-corrected chi connectivity index (χ0v) is 12.6. The molecule has 23 heavy (non-hydrogen) atoms. The molecule has 1 unspecified atom stereocenters. The Kier molecular flexibility index (Phi) is 2.56. The lowest BCUT2D eigenvalue weighted by molar-refractivity contribution is 0.177. The van der Waals surface area contributed by atoms with Crippen molar-refractivity contribution >= 4 is 17.3 Å². The van der Waals surface area contributed by atoms with Gasteiger partial charge in [-0.15, -0.1) is 10.2 Å². The summed E-state index contributed by atoms with van der Waals surface area (Å²) in [5, 5.41) is 18.7. The molecule has 1 aliphatic rings. The van der Waals surface area contributed by atoms with Crippen molar-refractivity contribution in [3.63, 3.8) is 0 Å². The van der Waals surface area contributed by atoms with Gasteiger partial charge in [-0.2, -0.15) is 0 Å². The van der Waals surface area contributed by atoms with E-state index in [2.05, 4.69) is 15.2 Å². The number of benzene rings is 2. The second-order valence-corrected chi connectivity index (χ2v) is 5.53. The van der Waals surface area contributed by atoms with E-state index in [-0.39, 0.29) is 11.6 Å². The number of aromatic nitrogens is 3. The van der Waals surface area contributed by atoms with Crippen molar-refractivity contribution in [3.05, 3.63) is 76.3 Å². The van der Waals surface area contributed by atoms with Gasteiger partial charge in [0.15, 0.2) is 5.82 Å². The predicted molar refractivity (Wildman–Crippen MR) is 88.1 cm³/mol. The minimum absolute atomic E-state index is 0.0469. The highest BCUT2D eigenvalue weighted by Crippen LogP contribution is 2.31. The van der Waals surface area contributed by atoms with Crippen LogP contribution in [0.1, 0.15) is 33.1 Å². The molecule has 5 nitrogen and oxygen atoms in total. The Hall–Kier alpha value is -2.50. The van der Waals surface area contributed by atoms with Crippen LogP contribution in [0.5, 0.6) is 0 Å². The van der Waals surface area contributed by atoms with Crippen molar-refractivity contribution in [2.45, 2.75) is 13.1 Å². The molecule has 0 amide bonds. The van der Waals surface area contributed by atoms with Gasteiger partial charge in [-0.25, -0.2) is 4.99 Å². The average molecular weight is 328 g/mol. The summed E-state index contributed by atoms with van der Waals surface area (Å²) in [5.41, 5.74) is 2.35. The van der Waals surface area contributed by atoms with Crippen LogP contribution >= 0.6 is 11.6 Å². The summed E-state index contributed by atoms with van der Waals surface area (Å²) in [6.45, 7) is -2.50. The van der Waals surface area contributed by atoms with Gasteiger partial charge in [0, 0.05) is 20.3 Å². The van der Waals surface area contributed by atoms with E-state index in [0.29, 0.717) is 22.0 Å². The van der Waals surface area contributed by atoms with E-state index >= 15 is 0 Å². The Bertz CT molecular complexity index is 1010. The summed E-state index contributed by atoms with van der Waals surface area (Å²) in [6, 6.07) is 14.3. The van der Waals surface area contributed by atoms with Gasteiger partial charge >= 0.3 is 0 Å². The van der Waals surface area contributed by atoms with Crippen LogP contribution in [-0.4, -0.2) is 25.6 Å². The first kappa shape index (κ1) is 11.1. The fourth-order valence-electron chi connectivity index (χ4n) is 2.67.